The Kier molecular flexibility index (Phi) is 5.39. The second kappa shape index (κ2) is 7.62. The Morgan fingerprint density at radius 2 is 1.69 bits per heavy atom. The van der Waals surface area contributed by atoms with Crippen molar-refractivity contribution in [2.45, 2.75) is 110 Å². The SMILES string of the molecule is CC(=O)[C@H]1CC[C@H]2[C@@H]3CC[C@@H]4C[C@@H](OC5CCCCO5)CC[C@]4(C)[C@H]3CC[C@]12C. The van der Waals surface area contributed by atoms with Crippen molar-refractivity contribution in [1.29, 1.82) is 0 Å². The van der Waals surface area contributed by atoms with E-state index >= 15 is 0 Å². The predicted molar refractivity (Wildman–Crippen MR) is 114 cm³/mol. The molecule has 3 heteroatoms. The van der Waals surface area contributed by atoms with Crippen LogP contribution in [0.1, 0.15) is 97.8 Å². The summed E-state index contributed by atoms with van der Waals surface area (Å²) in [6.07, 6.45) is 15.6. The van der Waals surface area contributed by atoms with Gasteiger partial charge < -0.3 is 9.47 Å². The molecule has 164 valence electrons. The number of carbonyl (C=O) groups excluding carboxylic acids is 1. The van der Waals surface area contributed by atoms with Gasteiger partial charge in [-0.15, -0.1) is 0 Å². The van der Waals surface area contributed by atoms with Gasteiger partial charge in [0.25, 0.3) is 0 Å². The molecule has 0 bridgehead atoms. The molecule has 5 fully saturated rings. The van der Waals surface area contributed by atoms with Crippen molar-refractivity contribution in [1.82, 2.24) is 0 Å². The average Bonchev–Trinajstić information content (AvgIpc) is 3.06. The van der Waals surface area contributed by atoms with E-state index in [0.717, 1.165) is 43.1 Å². The summed E-state index contributed by atoms with van der Waals surface area (Å²) in [5.74, 6) is 4.13. The van der Waals surface area contributed by atoms with Gasteiger partial charge in [-0.1, -0.05) is 13.8 Å². The maximum atomic E-state index is 12.3. The van der Waals surface area contributed by atoms with Crippen LogP contribution in [0.5, 0.6) is 0 Å². The van der Waals surface area contributed by atoms with E-state index in [1.54, 1.807) is 0 Å². The Balaban J connectivity index is 1.28. The van der Waals surface area contributed by atoms with Crippen LogP contribution in [0.2, 0.25) is 0 Å². The highest BCUT2D eigenvalue weighted by atomic mass is 16.7. The Morgan fingerprint density at radius 1 is 0.897 bits per heavy atom. The quantitative estimate of drug-likeness (QED) is 0.531. The molecule has 0 aromatic carbocycles. The smallest absolute Gasteiger partial charge is 0.157 e. The molecule has 0 N–H and O–H groups in total. The van der Waals surface area contributed by atoms with E-state index in [1.165, 1.54) is 64.2 Å². The van der Waals surface area contributed by atoms with Crippen LogP contribution in [-0.2, 0) is 14.3 Å². The maximum absolute atomic E-state index is 12.3. The number of ether oxygens (including phenoxy) is 2. The third kappa shape index (κ3) is 3.34. The van der Waals surface area contributed by atoms with Crippen molar-refractivity contribution in [3.8, 4) is 0 Å². The standard InChI is InChI=1S/C26H42O3/c1-17(27)21-9-10-22-20-8-7-18-16-19(29-24-6-4-5-15-28-24)11-13-25(18,2)23(20)12-14-26(21,22)3/h18-24H,4-16H2,1-3H3/t18-,19+,20+,21-,22+,23+,24?,25+,26-/m1/s1. The Labute approximate surface area is 177 Å². The normalized spacial score (nSPS) is 52.3. The fraction of sp³-hybridized carbons (Fsp3) is 0.962. The molecule has 5 rings (SSSR count). The zero-order chi connectivity index (χ0) is 20.2. The van der Waals surface area contributed by atoms with Crippen molar-refractivity contribution >= 4 is 5.78 Å². The minimum Gasteiger partial charge on any atom is -0.353 e. The molecule has 3 nitrogen and oxygen atoms in total. The Bertz CT molecular complexity index is 625. The van der Waals surface area contributed by atoms with Crippen LogP contribution in [-0.4, -0.2) is 24.8 Å². The first-order valence-corrected chi connectivity index (χ1v) is 12.7. The van der Waals surface area contributed by atoms with Gasteiger partial charge in [-0.05, 0) is 118 Å². The van der Waals surface area contributed by atoms with Crippen LogP contribution < -0.4 is 0 Å². The molecule has 4 aliphatic carbocycles. The molecular weight excluding hydrogens is 360 g/mol. The summed E-state index contributed by atoms with van der Waals surface area (Å²) < 4.78 is 12.3. The van der Waals surface area contributed by atoms with Gasteiger partial charge in [0.15, 0.2) is 6.29 Å². The van der Waals surface area contributed by atoms with Crippen molar-refractivity contribution in [2.75, 3.05) is 6.61 Å². The Morgan fingerprint density at radius 3 is 2.45 bits per heavy atom. The molecule has 1 heterocycles. The second-order valence-electron chi connectivity index (χ2n) is 11.8. The fourth-order valence-corrected chi connectivity index (χ4v) is 9.04. The van der Waals surface area contributed by atoms with Crippen LogP contribution in [0, 0.1) is 40.4 Å². The maximum Gasteiger partial charge on any atom is 0.157 e. The van der Waals surface area contributed by atoms with Gasteiger partial charge in [0.05, 0.1) is 6.10 Å². The van der Waals surface area contributed by atoms with E-state index in [4.69, 9.17) is 9.47 Å². The van der Waals surface area contributed by atoms with Crippen LogP contribution in [0.25, 0.3) is 0 Å². The number of hydrogen-bond donors (Lipinski definition) is 0. The number of hydrogen-bond acceptors (Lipinski definition) is 3. The first-order chi connectivity index (χ1) is 13.9. The minimum atomic E-state index is 0.0619. The number of ketones is 1. The van der Waals surface area contributed by atoms with E-state index in [0.29, 0.717) is 23.2 Å². The van der Waals surface area contributed by atoms with Gasteiger partial charge in [0.1, 0.15) is 5.78 Å². The lowest BCUT2D eigenvalue weighted by atomic mass is 9.44. The number of carbonyl (C=O) groups is 1. The highest BCUT2D eigenvalue weighted by Gasteiger charge is 2.60. The highest BCUT2D eigenvalue weighted by molar-refractivity contribution is 5.79. The topological polar surface area (TPSA) is 35.5 Å². The summed E-state index contributed by atoms with van der Waals surface area (Å²) >= 11 is 0. The molecule has 0 spiro atoms. The van der Waals surface area contributed by atoms with Gasteiger partial charge >= 0.3 is 0 Å². The van der Waals surface area contributed by atoms with Gasteiger partial charge in [0, 0.05) is 12.5 Å². The first kappa shape index (κ1) is 20.5. The number of fused-ring (bicyclic) bond motifs is 5. The lowest BCUT2D eigenvalue weighted by molar-refractivity contribution is -0.212. The largest absolute Gasteiger partial charge is 0.353 e. The minimum absolute atomic E-state index is 0.0619. The number of rotatable bonds is 3. The van der Waals surface area contributed by atoms with E-state index in [9.17, 15) is 4.79 Å². The molecule has 0 aromatic heterocycles. The molecule has 0 amide bonds. The lowest BCUT2D eigenvalue weighted by Gasteiger charge is -2.61. The molecule has 0 radical (unpaired) electrons. The average molecular weight is 403 g/mol. The van der Waals surface area contributed by atoms with E-state index in [2.05, 4.69) is 13.8 Å². The molecule has 9 atom stereocenters. The zero-order valence-corrected chi connectivity index (χ0v) is 19.0. The summed E-state index contributed by atoms with van der Waals surface area (Å²) in [4.78, 5) is 12.3. The van der Waals surface area contributed by atoms with Crippen LogP contribution >= 0.6 is 0 Å². The highest BCUT2D eigenvalue weighted by Crippen LogP contribution is 2.67. The van der Waals surface area contributed by atoms with Gasteiger partial charge in [-0.3, -0.25) is 4.79 Å². The molecule has 4 saturated carbocycles. The van der Waals surface area contributed by atoms with Crippen molar-refractivity contribution < 1.29 is 14.3 Å². The first-order valence-electron chi connectivity index (χ1n) is 12.7. The molecular formula is C26H42O3. The van der Waals surface area contributed by atoms with Crippen molar-refractivity contribution in [3.05, 3.63) is 0 Å². The van der Waals surface area contributed by atoms with Crippen LogP contribution in [0.3, 0.4) is 0 Å². The summed E-state index contributed by atoms with van der Waals surface area (Å²) in [6, 6.07) is 0. The Hall–Kier alpha value is -0.410. The van der Waals surface area contributed by atoms with Crippen LogP contribution in [0.4, 0.5) is 0 Å². The van der Waals surface area contributed by atoms with E-state index < -0.39 is 0 Å². The summed E-state index contributed by atoms with van der Waals surface area (Å²) in [6.45, 7) is 7.82. The van der Waals surface area contributed by atoms with Gasteiger partial charge in [-0.25, -0.2) is 0 Å². The second-order valence-corrected chi connectivity index (χ2v) is 11.8. The van der Waals surface area contributed by atoms with Crippen LogP contribution in [0.15, 0.2) is 0 Å². The zero-order valence-electron chi connectivity index (χ0n) is 19.0. The summed E-state index contributed by atoms with van der Waals surface area (Å²) in [7, 11) is 0. The monoisotopic (exact) mass is 402 g/mol. The van der Waals surface area contributed by atoms with Gasteiger partial charge in [0.2, 0.25) is 0 Å². The van der Waals surface area contributed by atoms with E-state index in [1.807, 2.05) is 6.92 Å². The molecule has 5 aliphatic rings. The van der Waals surface area contributed by atoms with Gasteiger partial charge in [-0.2, -0.15) is 0 Å². The van der Waals surface area contributed by atoms with E-state index in [-0.39, 0.29) is 11.7 Å². The van der Waals surface area contributed by atoms with Crippen molar-refractivity contribution in [2.24, 2.45) is 40.4 Å². The molecule has 1 saturated heterocycles. The third-order valence-electron chi connectivity index (χ3n) is 10.6. The van der Waals surface area contributed by atoms with Crippen molar-refractivity contribution in [3.63, 3.8) is 0 Å². The lowest BCUT2D eigenvalue weighted by Crippen LogP contribution is -2.54. The fourth-order valence-electron chi connectivity index (χ4n) is 9.04. The molecule has 1 unspecified atom stereocenters. The molecule has 1 aliphatic heterocycles. The molecule has 29 heavy (non-hydrogen) atoms. The summed E-state index contributed by atoms with van der Waals surface area (Å²) in [5.41, 5.74) is 0.778. The third-order valence-corrected chi connectivity index (χ3v) is 10.6. The summed E-state index contributed by atoms with van der Waals surface area (Å²) in [5, 5.41) is 0. The molecule has 0 aromatic rings. The number of Topliss-reactive ketones (excluding diaryl/α,β-unsaturated/α-hetero) is 1. The predicted octanol–water partition coefficient (Wildman–Crippen LogP) is 6.15.